The van der Waals surface area contributed by atoms with Crippen LogP contribution in [0.4, 0.5) is 0 Å². The fourth-order valence-corrected chi connectivity index (χ4v) is 3.19. The zero-order chi connectivity index (χ0) is 12.8. The third kappa shape index (κ3) is 1.98. The van der Waals surface area contributed by atoms with E-state index >= 15 is 0 Å². The van der Waals surface area contributed by atoms with Crippen molar-refractivity contribution < 1.29 is 13.6 Å². The average Bonchev–Trinajstić information content (AvgIpc) is 2.72. The molecule has 0 atom stereocenters. The molecule has 1 aromatic heterocycles. The van der Waals surface area contributed by atoms with Crippen molar-refractivity contribution in [3.8, 4) is 0 Å². The predicted octanol–water partition coefficient (Wildman–Crippen LogP) is 0.962. The summed E-state index contributed by atoms with van der Waals surface area (Å²) in [5.41, 5.74) is 1.46. The molecule has 96 valence electrons. The van der Waals surface area contributed by atoms with Gasteiger partial charge in [0.1, 0.15) is 0 Å². The number of hydroxylamine groups is 2. The quantitative estimate of drug-likeness (QED) is 0.875. The highest BCUT2D eigenvalue weighted by Crippen LogP contribution is 2.28. The van der Waals surface area contributed by atoms with Crippen LogP contribution in [0, 0.1) is 0 Å². The van der Waals surface area contributed by atoms with Gasteiger partial charge >= 0.3 is 0 Å². The van der Waals surface area contributed by atoms with Gasteiger partial charge in [0.15, 0.2) is 0 Å². The third-order valence-corrected chi connectivity index (χ3v) is 4.50. The summed E-state index contributed by atoms with van der Waals surface area (Å²) in [6.07, 6.45) is 0. The molecule has 0 aliphatic carbocycles. The molecule has 1 aliphatic heterocycles. The maximum Gasteiger partial charge on any atom is 0.228 e. The lowest BCUT2D eigenvalue weighted by Crippen LogP contribution is -2.19. The first-order valence-corrected chi connectivity index (χ1v) is 7.28. The molecular weight excluding hydrogens is 242 g/mol. The van der Waals surface area contributed by atoms with Gasteiger partial charge in [-0.2, -0.15) is 5.06 Å². The number of imidazole rings is 1. The van der Waals surface area contributed by atoms with Crippen molar-refractivity contribution in [2.75, 3.05) is 5.75 Å². The van der Waals surface area contributed by atoms with E-state index in [9.17, 15) is 13.6 Å². The molecule has 2 rings (SSSR count). The fraction of sp³-hybridized carbons (Fsp3) is 0.700. The van der Waals surface area contributed by atoms with Crippen LogP contribution in [-0.2, 0) is 22.9 Å². The minimum absolute atomic E-state index is 0.00840. The van der Waals surface area contributed by atoms with Crippen molar-refractivity contribution in [1.82, 2.24) is 14.6 Å². The first-order valence-electron chi connectivity index (χ1n) is 5.63. The molecular formula is C10H17N3O3S. The summed E-state index contributed by atoms with van der Waals surface area (Å²) in [6.45, 7) is 6.06. The Hall–Kier alpha value is -0.920. The topological polar surface area (TPSA) is 75.4 Å². The summed E-state index contributed by atoms with van der Waals surface area (Å²) in [4.78, 5) is 4.18. The third-order valence-electron chi connectivity index (χ3n) is 2.90. The highest BCUT2D eigenvalue weighted by molar-refractivity contribution is 7.91. The van der Waals surface area contributed by atoms with Crippen LogP contribution in [0.2, 0.25) is 0 Å². The van der Waals surface area contributed by atoms with Crippen LogP contribution in [0.3, 0.4) is 0 Å². The standard InChI is InChI=1S/C10H17N3O3S/c1-4-17(15,16)10-11-8-5-12(14)6-9(8)13(10)7(2)3/h7,14H,4-6H2,1-3H3. The van der Waals surface area contributed by atoms with E-state index in [4.69, 9.17) is 0 Å². The largest absolute Gasteiger partial charge is 0.315 e. The van der Waals surface area contributed by atoms with Crippen LogP contribution in [-0.4, -0.2) is 34.0 Å². The Bertz CT molecular complexity index is 533. The Labute approximate surface area is 101 Å². The lowest BCUT2D eigenvalue weighted by molar-refractivity contribution is -0.0989. The molecule has 1 aromatic rings. The summed E-state index contributed by atoms with van der Waals surface area (Å²) in [6, 6.07) is 0.00840. The molecule has 0 bridgehead atoms. The smallest absolute Gasteiger partial charge is 0.228 e. The van der Waals surface area contributed by atoms with Crippen molar-refractivity contribution in [3.05, 3.63) is 11.4 Å². The monoisotopic (exact) mass is 259 g/mol. The van der Waals surface area contributed by atoms with Gasteiger partial charge in [0.2, 0.25) is 15.0 Å². The van der Waals surface area contributed by atoms with Crippen molar-refractivity contribution in [2.45, 2.75) is 45.1 Å². The summed E-state index contributed by atoms with van der Waals surface area (Å²) in [5.74, 6) is 0.0401. The van der Waals surface area contributed by atoms with Crippen LogP contribution >= 0.6 is 0 Å². The van der Waals surface area contributed by atoms with E-state index in [1.807, 2.05) is 13.8 Å². The molecule has 1 N–H and O–H groups in total. The van der Waals surface area contributed by atoms with Crippen molar-refractivity contribution in [1.29, 1.82) is 0 Å². The Morgan fingerprint density at radius 2 is 2.06 bits per heavy atom. The number of sulfone groups is 1. The fourth-order valence-electron chi connectivity index (χ4n) is 2.07. The van der Waals surface area contributed by atoms with E-state index in [0.717, 1.165) is 10.8 Å². The van der Waals surface area contributed by atoms with Crippen molar-refractivity contribution in [2.24, 2.45) is 0 Å². The zero-order valence-corrected chi connectivity index (χ0v) is 11.0. The van der Waals surface area contributed by atoms with Gasteiger partial charge in [-0.3, -0.25) is 0 Å². The highest BCUT2D eigenvalue weighted by atomic mass is 32.2. The SMILES string of the molecule is CCS(=O)(=O)c1nc2c(n1C(C)C)CN(O)C2. The molecule has 0 amide bonds. The van der Waals surface area contributed by atoms with Crippen LogP contribution in [0.1, 0.15) is 38.2 Å². The van der Waals surface area contributed by atoms with Crippen molar-refractivity contribution >= 4 is 9.84 Å². The second kappa shape index (κ2) is 4.08. The van der Waals surface area contributed by atoms with Gasteiger partial charge in [0.25, 0.3) is 0 Å². The molecule has 0 saturated heterocycles. The summed E-state index contributed by atoms with van der Waals surface area (Å²) in [5, 5.41) is 10.7. The minimum atomic E-state index is -3.32. The van der Waals surface area contributed by atoms with Gasteiger partial charge in [0, 0.05) is 6.04 Å². The molecule has 0 saturated carbocycles. The predicted molar refractivity (Wildman–Crippen MR) is 61.4 cm³/mol. The summed E-state index contributed by atoms with van der Waals surface area (Å²) in [7, 11) is -3.32. The zero-order valence-electron chi connectivity index (χ0n) is 10.2. The molecule has 7 heteroatoms. The molecule has 6 nitrogen and oxygen atoms in total. The number of fused-ring (bicyclic) bond motifs is 1. The summed E-state index contributed by atoms with van der Waals surface area (Å²) >= 11 is 0. The van der Waals surface area contributed by atoms with Crippen LogP contribution in [0.5, 0.6) is 0 Å². The molecule has 0 radical (unpaired) electrons. The Kier molecular flexibility index (Phi) is 3.01. The van der Waals surface area contributed by atoms with Gasteiger partial charge in [-0.1, -0.05) is 6.92 Å². The van der Waals surface area contributed by atoms with Crippen LogP contribution < -0.4 is 0 Å². The normalized spacial score (nSPS) is 16.8. The number of aromatic nitrogens is 2. The molecule has 0 fully saturated rings. The summed E-state index contributed by atoms with van der Waals surface area (Å²) < 4.78 is 25.6. The first kappa shape index (κ1) is 12.5. The molecule has 0 unspecified atom stereocenters. The Morgan fingerprint density at radius 3 is 2.59 bits per heavy atom. The molecule has 0 spiro atoms. The maximum atomic E-state index is 12.0. The van der Waals surface area contributed by atoms with Crippen LogP contribution in [0.25, 0.3) is 0 Å². The van der Waals surface area contributed by atoms with Gasteiger partial charge in [-0.15, -0.1) is 0 Å². The molecule has 2 heterocycles. The van der Waals surface area contributed by atoms with E-state index in [1.165, 1.54) is 0 Å². The average molecular weight is 259 g/mol. The minimum Gasteiger partial charge on any atom is -0.315 e. The molecule has 0 aromatic carbocycles. The van der Waals surface area contributed by atoms with Gasteiger partial charge in [0.05, 0.1) is 30.2 Å². The van der Waals surface area contributed by atoms with Gasteiger partial charge in [-0.25, -0.2) is 13.4 Å². The Balaban J connectivity index is 2.61. The van der Waals surface area contributed by atoms with E-state index < -0.39 is 9.84 Å². The number of hydrogen-bond donors (Lipinski definition) is 1. The lowest BCUT2D eigenvalue weighted by Gasteiger charge is -2.15. The van der Waals surface area contributed by atoms with E-state index in [-0.39, 0.29) is 17.0 Å². The number of rotatable bonds is 3. The number of hydrogen-bond acceptors (Lipinski definition) is 5. The maximum absolute atomic E-state index is 12.0. The second-order valence-electron chi connectivity index (χ2n) is 4.48. The van der Waals surface area contributed by atoms with Gasteiger partial charge in [-0.05, 0) is 13.8 Å². The number of nitrogens with zero attached hydrogens (tertiary/aromatic N) is 3. The van der Waals surface area contributed by atoms with E-state index in [2.05, 4.69) is 4.98 Å². The molecule has 1 aliphatic rings. The second-order valence-corrected chi connectivity index (χ2v) is 6.65. The van der Waals surface area contributed by atoms with Gasteiger partial charge < -0.3 is 9.77 Å². The lowest BCUT2D eigenvalue weighted by atomic mass is 10.3. The van der Waals surface area contributed by atoms with Crippen molar-refractivity contribution in [3.63, 3.8) is 0 Å². The highest BCUT2D eigenvalue weighted by Gasteiger charge is 2.31. The van der Waals surface area contributed by atoms with Crippen LogP contribution in [0.15, 0.2) is 5.16 Å². The van der Waals surface area contributed by atoms with E-state index in [0.29, 0.717) is 18.8 Å². The Morgan fingerprint density at radius 1 is 1.41 bits per heavy atom. The van der Waals surface area contributed by atoms with E-state index in [1.54, 1.807) is 11.5 Å². The molecule has 17 heavy (non-hydrogen) atoms. The first-order chi connectivity index (χ1) is 7.86.